The van der Waals surface area contributed by atoms with Gasteiger partial charge in [-0.05, 0) is 12.1 Å². The molecule has 1 saturated heterocycles. The lowest BCUT2D eigenvalue weighted by Gasteiger charge is -2.35. The van der Waals surface area contributed by atoms with Gasteiger partial charge in [0.1, 0.15) is 0 Å². The van der Waals surface area contributed by atoms with Crippen molar-refractivity contribution in [1.82, 2.24) is 14.7 Å². The number of benzene rings is 1. The standard InChI is InChI=1S/C13H12N4O4/c18-12-7-15(8-12)13(19)9-5-14-16(6-9)10-1-3-11(4-2-10)17(20)21/h1-6,12,18H,7-8H2. The van der Waals surface area contributed by atoms with Crippen LogP contribution in [0.3, 0.4) is 0 Å². The van der Waals surface area contributed by atoms with Crippen molar-refractivity contribution in [2.45, 2.75) is 6.10 Å². The number of rotatable bonds is 3. The van der Waals surface area contributed by atoms with E-state index in [0.717, 1.165) is 0 Å². The molecular formula is C13H12N4O4. The van der Waals surface area contributed by atoms with Crippen molar-refractivity contribution in [2.75, 3.05) is 13.1 Å². The van der Waals surface area contributed by atoms with Gasteiger partial charge in [-0.2, -0.15) is 5.10 Å². The van der Waals surface area contributed by atoms with E-state index in [0.29, 0.717) is 24.3 Å². The first kappa shape index (κ1) is 13.3. The number of likely N-dealkylation sites (tertiary alicyclic amines) is 1. The first-order valence-corrected chi connectivity index (χ1v) is 6.31. The van der Waals surface area contributed by atoms with Crippen LogP contribution in [0.1, 0.15) is 10.4 Å². The van der Waals surface area contributed by atoms with Crippen molar-refractivity contribution in [3.63, 3.8) is 0 Å². The highest BCUT2D eigenvalue weighted by molar-refractivity contribution is 5.94. The van der Waals surface area contributed by atoms with Gasteiger partial charge in [-0.25, -0.2) is 4.68 Å². The van der Waals surface area contributed by atoms with Crippen LogP contribution in [0.2, 0.25) is 0 Å². The maximum Gasteiger partial charge on any atom is 0.269 e. The molecular weight excluding hydrogens is 276 g/mol. The number of aliphatic hydroxyl groups excluding tert-OH is 1. The lowest BCUT2D eigenvalue weighted by Crippen LogP contribution is -2.53. The van der Waals surface area contributed by atoms with E-state index >= 15 is 0 Å². The summed E-state index contributed by atoms with van der Waals surface area (Å²) in [4.78, 5) is 23.7. The van der Waals surface area contributed by atoms with Crippen LogP contribution >= 0.6 is 0 Å². The molecule has 0 bridgehead atoms. The molecule has 0 saturated carbocycles. The van der Waals surface area contributed by atoms with E-state index in [9.17, 15) is 20.0 Å². The van der Waals surface area contributed by atoms with Crippen LogP contribution in [0.15, 0.2) is 36.7 Å². The van der Waals surface area contributed by atoms with Gasteiger partial charge in [0, 0.05) is 31.4 Å². The van der Waals surface area contributed by atoms with Gasteiger partial charge in [0.05, 0.1) is 28.5 Å². The Bertz CT molecular complexity index is 688. The number of nitrogens with zero attached hydrogens (tertiary/aromatic N) is 4. The number of aliphatic hydroxyl groups is 1. The number of hydrogen-bond acceptors (Lipinski definition) is 5. The predicted molar refractivity (Wildman–Crippen MR) is 72.1 cm³/mol. The lowest BCUT2D eigenvalue weighted by molar-refractivity contribution is -0.384. The quantitative estimate of drug-likeness (QED) is 0.658. The van der Waals surface area contributed by atoms with Gasteiger partial charge in [0.25, 0.3) is 11.6 Å². The molecule has 8 heteroatoms. The summed E-state index contributed by atoms with van der Waals surface area (Å²) in [7, 11) is 0. The highest BCUT2D eigenvalue weighted by Crippen LogP contribution is 2.17. The third kappa shape index (κ3) is 2.48. The Morgan fingerprint density at radius 3 is 2.57 bits per heavy atom. The molecule has 0 aliphatic carbocycles. The molecule has 21 heavy (non-hydrogen) atoms. The zero-order chi connectivity index (χ0) is 15.0. The van der Waals surface area contributed by atoms with E-state index in [1.54, 1.807) is 18.3 Å². The summed E-state index contributed by atoms with van der Waals surface area (Å²) < 4.78 is 1.48. The highest BCUT2D eigenvalue weighted by atomic mass is 16.6. The van der Waals surface area contributed by atoms with Crippen LogP contribution in [0.5, 0.6) is 0 Å². The van der Waals surface area contributed by atoms with Crippen molar-refractivity contribution in [3.05, 3.63) is 52.3 Å². The van der Waals surface area contributed by atoms with Gasteiger partial charge < -0.3 is 10.0 Å². The number of non-ortho nitro benzene ring substituents is 1. The van der Waals surface area contributed by atoms with Gasteiger partial charge in [0.15, 0.2) is 0 Å². The summed E-state index contributed by atoms with van der Waals surface area (Å²) in [5.74, 6) is -0.187. The van der Waals surface area contributed by atoms with Crippen molar-refractivity contribution in [2.24, 2.45) is 0 Å². The topological polar surface area (TPSA) is 102 Å². The maximum atomic E-state index is 12.0. The van der Waals surface area contributed by atoms with Gasteiger partial charge in [-0.1, -0.05) is 0 Å². The molecule has 3 rings (SSSR count). The van der Waals surface area contributed by atoms with Gasteiger partial charge >= 0.3 is 0 Å². The fraction of sp³-hybridized carbons (Fsp3) is 0.231. The SMILES string of the molecule is O=C(c1cnn(-c2ccc([N+](=O)[O-])cc2)c1)N1CC(O)C1. The van der Waals surface area contributed by atoms with E-state index in [4.69, 9.17) is 0 Å². The average Bonchev–Trinajstić information content (AvgIpc) is 2.93. The first-order valence-electron chi connectivity index (χ1n) is 6.31. The molecule has 1 aromatic carbocycles. The molecule has 0 atom stereocenters. The third-order valence-corrected chi connectivity index (χ3v) is 3.30. The minimum absolute atomic E-state index is 0.00299. The van der Waals surface area contributed by atoms with E-state index in [1.165, 1.54) is 27.9 Å². The Morgan fingerprint density at radius 1 is 1.33 bits per heavy atom. The van der Waals surface area contributed by atoms with E-state index in [-0.39, 0.29) is 11.6 Å². The number of nitro benzene ring substituents is 1. The fourth-order valence-corrected chi connectivity index (χ4v) is 2.11. The first-order chi connectivity index (χ1) is 10.0. The normalized spacial score (nSPS) is 14.8. The highest BCUT2D eigenvalue weighted by Gasteiger charge is 2.30. The van der Waals surface area contributed by atoms with Crippen LogP contribution in [-0.2, 0) is 0 Å². The molecule has 1 aromatic heterocycles. The summed E-state index contributed by atoms with van der Waals surface area (Å²) in [6.45, 7) is 0.670. The minimum Gasteiger partial charge on any atom is -0.389 e. The molecule has 0 spiro atoms. The fourth-order valence-electron chi connectivity index (χ4n) is 2.11. The summed E-state index contributed by atoms with van der Waals surface area (Å²) in [5.41, 5.74) is 1.04. The number of nitro groups is 1. The second kappa shape index (κ2) is 4.98. The van der Waals surface area contributed by atoms with Gasteiger partial charge in [-0.15, -0.1) is 0 Å². The minimum atomic E-state index is -0.475. The Labute approximate surface area is 119 Å². The zero-order valence-electron chi connectivity index (χ0n) is 10.9. The van der Waals surface area contributed by atoms with Crippen molar-refractivity contribution < 1.29 is 14.8 Å². The van der Waals surface area contributed by atoms with E-state index in [1.807, 2.05) is 0 Å². The molecule has 2 heterocycles. The van der Waals surface area contributed by atoms with Crippen LogP contribution in [-0.4, -0.2) is 49.8 Å². The van der Waals surface area contributed by atoms with Crippen LogP contribution < -0.4 is 0 Å². The second-order valence-corrected chi connectivity index (χ2v) is 4.81. The number of hydrogen-bond donors (Lipinski definition) is 1. The molecule has 0 radical (unpaired) electrons. The summed E-state index contributed by atoms with van der Waals surface area (Å²) in [6, 6.07) is 5.88. The Kier molecular flexibility index (Phi) is 3.15. The summed E-state index contributed by atoms with van der Waals surface area (Å²) >= 11 is 0. The summed E-state index contributed by atoms with van der Waals surface area (Å²) in [5, 5.41) is 23.9. The number of β-amino-alcohol motifs (C(OH)–C–C–N with tert-alkyl or cyclic N) is 1. The van der Waals surface area contributed by atoms with Crippen molar-refractivity contribution in [3.8, 4) is 5.69 Å². The molecule has 1 aliphatic rings. The Balaban J connectivity index is 1.78. The second-order valence-electron chi connectivity index (χ2n) is 4.81. The maximum absolute atomic E-state index is 12.0. The largest absolute Gasteiger partial charge is 0.389 e. The Morgan fingerprint density at radius 2 is 2.00 bits per heavy atom. The third-order valence-electron chi connectivity index (χ3n) is 3.30. The van der Waals surface area contributed by atoms with Gasteiger partial charge in [0.2, 0.25) is 0 Å². The monoisotopic (exact) mass is 288 g/mol. The van der Waals surface area contributed by atoms with Crippen LogP contribution in [0.4, 0.5) is 5.69 Å². The zero-order valence-corrected chi connectivity index (χ0v) is 10.9. The summed E-state index contributed by atoms with van der Waals surface area (Å²) in [6.07, 6.45) is 2.56. The average molecular weight is 288 g/mol. The molecule has 2 aromatic rings. The predicted octanol–water partition coefficient (Wildman–Crippen LogP) is 0.597. The molecule has 1 aliphatic heterocycles. The smallest absolute Gasteiger partial charge is 0.269 e. The van der Waals surface area contributed by atoms with E-state index in [2.05, 4.69) is 5.10 Å². The van der Waals surface area contributed by atoms with E-state index < -0.39 is 11.0 Å². The molecule has 1 fully saturated rings. The number of carbonyl (C=O) groups is 1. The van der Waals surface area contributed by atoms with Gasteiger partial charge in [-0.3, -0.25) is 14.9 Å². The molecule has 0 unspecified atom stereocenters. The lowest BCUT2D eigenvalue weighted by atomic mass is 10.1. The number of aromatic nitrogens is 2. The molecule has 108 valence electrons. The Hall–Kier alpha value is -2.74. The van der Waals surface area contributed by atoms with Crippen LogP contribution in [0, 0.1) is 10.1 Å². The number of amides is 1. The van der Waals surface area contributed by atoms with Crippen molar-refractivity contribution in [1.29, 1.82) is 0 Å². The molecule has 8 nitrogen and oxygen atoms in total. The number of carbonyl (C=O) groups excluding carboxylic acids is 1. The molecule has 1 amide bonds. The van der Waals surface area contributed by atoms with Crippen molar-refractivity contribution >= 4 is 11.6 Å². The molecule has 1 N–H and O–H groups in total. The van der Waals surface area contributed by atoms with Crippen LogP contribution in [0.25, 0.3) is 5.69 Å².